The van der Waals surface area contributed by atoms with E-state index in [1.165, 1.54) is 11.1 Å². The lowest BCUT2D eigenvalue weighted by Crippen LogP contribution is -2.44. The fourth-order valence-electron chi connectivity index (χ4n) is 5.93. The molecule has 4 heterocycles. The van der Waals surface area contributed by atoms with Gasteiger partial charge in [0.15, 0.2) is 0 Å². The summed E-state index contributed by atoms with van der Waals surface area (Å²) in [5, 5.41) is 12.0. The first kappa shape index (κ1) is 20.6. The summed E-state index contributed by atoms with van der Waals surface area (Å²) in [5.74, 6) is 1.33. The molecule has 2 N–H and O–H groups in total. The van der Waals surface area contributed by atoms with Crippen LogP contribution in [0.1, 0.15) is 29.0 Å². The number of nitrogens with one attached hydrogen (secondary N) is 2. The zero-order valence-corrected chi connectivity index (χ0v) is 20.0. The molecular formula is C28H28N6O. The molecule has 7 nitrogen and oxygen atoms in total. The van der Waals surface area contributed by atoms with Gasteiger partial charge in [-0.2, -0.15) is 5.10 Å². The van der Waals surface area contributed by atoms with Crippen LogP contribution in [0.15, 0.2) is 54.7 Å². The second kappa shape index (κ2) is 7.39. The molecule has 176 valence electrons. The average molecular weight is 465 g/mol. The van der Waals surface area contributed by atoms with Gasteiger partial charge in [-0.15, -0.1) is 0 Å². The van der Waals surface area contributed by atoms with Crippen LogP contribution in [0.3, 0.4) is 0 Å². The fraction of sp³-hybridized carbons (Fsp3) is 0.321. The predicted molar refractivity (Wildman–Crippen MR) is 138 cm³/mol. The zero-order valence-electron chi connectivity index (χ0n) is 20.0. The first-order valence-electron chi connectivity index (χ1n) is 12.3. The number of benzene rings is 2. The summed E-state index contributed by atoms with van der Waals surface area (Å²) in [7, 11) is 2.16. The van der Waals surface area contributed by atoms with Crippen molar-refractivity contribution in [1.82, 2.24) is 20.1 Å². The van der Waals surface area contributed by atoms with Crippen molar-refractivity contribution >= 4 is 28.3 Å². The highest BCUT2D eigenvalue weighted by molar-refractivity contribution is 6.10. The SMILES string of the molecule is Cc1ccc2c(c1)[C@]1(C[C@@H]1c1ccc3c(-c4ccc(N5CCN(C)CC5)nc4)n[nH]c3c1)C(=O)N2. The minimum Gasteiger partial charge on any atom is -0.354 e. The summed E-state index contributed by atoms with van der Waals surface area (Å²) >= 11 is 0. The second-order valence-corrected chi connectivity index (χ2v) is 10.3. The number of nitrogens with zero attached hydrogens (tertiary/aromatic N) is 4. The number of carbonyl (C=O) groups excluding carboxylic acids is 1. The summed E-state index contributed by atoms with van der Waals surface area (Å²) in [6, 6.07) is 16.9. The molecule has 3 aliphatic rings. The predicted octanol–water partition coefficient (Wildman–Crippen LogP) is 4.06. The smallest absolute Gasteiger partial charge is 0.235 e. The van der Waals surface area contributed by atoms with Gasteiger partial charge in [0.1, 0.15) is 11.5 Å². The molecule has 2 atom stereocenters. The molecule has 0 unspecified atom stereocenters. The monoisotopic (exact) mass is 464 g/mol. The molecule has 1 saturated carbocycles. The molecule has 7 heteroatoms. The van der Waals surface area contributed by atoms with Gasteiger partial charge >= 0.3 is 0 Å². The standard InChI is InChI=1S/C28H28N6O/c1-17-3-7-23-21(13-17)28(27(35)30-23)15-22(28)18-4-6-20-24(14-18)31-32-26(20)19-5-8-25(29-16-19)34-11-9-33(2)10-12-34/h3-8,13-14,16,22H,9-12,15H2,1-2H3,(H,30,35)(H,31,32)/t22-,28+/m1/s1. The maximum Gasteiger partial charge on any atom is 0.235 e. The van der Waals surface area contributed by atoms with E-state index in [9.17, 15) is 4.79 Å². The van der Waals surface area contributed by atoms with E-state index in [2.05, 4.69) is 81.7 Å². The summed E-state index contributed by atoms with van der Waals surface area (Å²) in [6.07, 6.45) is 2.77. The number of aryl methyl sites for hydroxylation is 1. The molecule has 4 aromatic rings. The van der Waals surface area contributed by atoms with Crippen LogP contribution < -0.4 is 10.2 Å². The van der Waals surface area contributed by atoms with Gasteiger partial charge in [-0.1, -0.05) is 29.8 Å². The Hall–Kier alpha value is -3.71. The van der Waals surface area contributed by atoms with Crippen LogP contribution in [0.2, 0.25) is 0 Å². The van der Waals surface area contributed by atoms with E-state index in [0.29, 0.717) is 0 Å². The number of H-pyrrole nitrogens is 1. The lowest BCUT2D eigenvalue weighted by Gasteiger charge is -2.33. The number of fused-ring (bicyclic) bond motifs is 3. The first-order valence-corrected chi connectivity index (χ1v) is 12.3. The lowest BCUT2D eigenvalue weighted by molar-refractivity contribution is -0.118. The van der Waals surface area contributed by atoms with Crippen molar-refractivity contribution in [3.63, 3.8) is 0 Å². The van der Waals surface area contributed by atoms with Crippen molar-refractivity contribution in [1.29, 1.82) is 0 Å². The maximum absolute atomic E-state index is 13.0. The molecule has 2 aliphatic heterocycles. The number of amides is 1. The maximum atomic E-state index is 13.0. The number of carbonyl (C=O) groups is 1. The van der Waals surface area contributed by atoms with Crippen LogP contribution in [-0.2, 0) is 10.2 Å². The quantitative estimate of drug-likeness (QED) is 0.478. The van der Waals surface area contributed by atoms with Crippen molar-refractivity contribution in [2.24, 2.45) is 0 Å². The minimum atomic E-state index is -0.430. The van der Waals surface area contributed by atoms with Crippen molar-refractivity contribution in [2.75, 3.05) is 43.4 Å². The Bertz CT molecular complexity index is 1470. The Morgan fingerprint density at radius 3 is 2.69 bits per heavy atom. The van der Waals surface area contributed by atoms with E-state index in [1.807, 2.05) is 12.3 Å². The highest BCUT2D eigenvalue weighted by Gasteiger charge is 2.65. The number of pyridine rings is 1. The number of piperazine rings is 1. The molecule has 1 spiro atoms. The molecule has 1 saturated heterocycles. The molecular weight excluding hydrogens is 436 g/mol. The van der Waals surface area contributed by atoms with Gasteiger partial charge in [0.05, 0.1) is 10.9 Å². The minimum absolute atomic E-state index is 0.125. The van der Waals surface area contributed by atoms with E-state index >= 15 is 0 Å². The van der Waals surface area contributed by atoms with Gasteiger partial charge in [-0.3, -0.25) is 9.89 Å². The summed E-state index contributed by atoms with van der Waals surface area (Å²) in [5.41, 5.74) is 6.95. The number of anilines is 2. The summed E-state index contributed by atoms with van der Waals surface area (Å²) in [4.78, 5) is 22.4. The Morgan fingerprint density at radius 1 is 1.03 bits per heavy atom. The van der Waals surface area contributed by atoms with Gasteiger partial charge in [0, 0.05) is 54.9 Å². The van der Waals surface area contributed by atoms with Crippen molar-refractivity contribution in [2.45, 2.75) is 24.7 Å². The number of hydrogen-bond donors (Lipinski definition) is 2. The lowest BCUT2D eigenvalue weighted by atomic mass is 9.91. The van der Waals surface area contributed by atoms with Gasteiger partial charge in [0.2, 0.25) is 5.91 Å². The Kier molecular flexibility index (Phi) is 4.36. The molecule has 0 bridgehead atoms. The Morgan fingerprint density at radius 2 is 1.89 bits per heavy atom. The first-order chi connectivity index (χ1) is 17.0. The van der Waals surface area contributed by atoms with Crippen LogP contribution in [0.4, 0.5) is 11.5 Å². The fourth-order valence-corrected chi connectivity index (χ4v) is 5.93. The number of aromatic nitrogens is 3. The molecule has 2 fully saturated rings. The largest absolute Gasteiger partial charge is 0.354 e. The van der Waals surface area contributed by atoms with Crippen LogP contribution in [0.25, 0.3) is 22.2 Å². The van der Waals surface area contributed by atoms with Gasteiger partial charge in [-0.05, 0) is 55.8 Å². The number of aromatic amines is 1. The highest BCUT2D eigenvalue weighted by Crippen LogP contribution is 2.65. The Balaban J connectivity index is 1.17. The molecule has 2 aromatic heterocycles. The van der Waals surface area contributed by atoms with Crippen LogP contribution in [-0.4, -0.2) is 59.2 Å². The van der Waals surface area contributed by atoms with Crippen molar-refractivity contribution in [3.05, 3.63) is 71.4 Å². The Labute approximate surface area is 204 Å². The normalized spacial score (nSPS) is 23.7. The van der Waals surface area contributed by atoms with Gasteiger partial charge < -0.3 is 15.1 Å². The summed E-state index contributed by atoms with van der Waals surface area (Å²) in [6.45, 7) is 6.21. The zero-order chi connectivity index (χ0) is 23.7. The van der Waals surface area contributed by atoms with E-state index in [-0.39, 0.29) is 11.8 Å². The summed E-state index contributed by atoms with van der Waals surface area (Å²) < 4.78 is 0. The third kappa shape index (κ3) is 3.11. The molecule has 1 amide bonds. The van der Waals surface area contributed by atoms with Crippen molar-refractivity contribution in [3.8, 4) is 11.3 Å². The van der Waals surface area contributed by atoms with E-state index in [4.69, 9.17) is 4.98 Å². The van der Waals surface area contributed by atoms with Gasteiger partial charge in [0.25, 0.3) is 0 Å². The van der Waals surface area contributed by atoms with Crippen LogP contribution in [0.5, 0.6) is 0 Å². The molecule has 2 aromatic carbocycles. The molecule has 35 heavy (non-hydrogen) atoms. The topological polar surface area (TPSA) is 77.2 Å². The van der Waals surface area contributed by atoms with E-state index in [1.54, 1.807) is 0 Å². The third-order valence-electron chi connectivity index (χ3n) is 8.11. The molecule has 7 rings (SSSR count). The number of hydrogen-bond acceptors (Lipinski definition) is 5. The van der Waals surface area contributed by atoms with Crippen molar-refractivity contribution < 1.29 is 4.79 Å². The number of rotatable bonds is 3. The molecule has 1 aliphatic carbocycles. The van der Waals surface area contributed by atoms with E-state index in [0.717, 1.165) is 71.8 Å². The van der Waals surface area contributed by atoms with Gasteiger partial charge in [-0.25, -0.2) is 4.98 Å². The molecule has 0 radical (unpaired) electrons. The van der Waals surface area contributed by atoms with Crippen LogP contribution >= 0.6 is 0 Å². The van der Waals surface area contributed by atoms with Crippen LogP contribution in [0, 0.1) is 6.92 Å². The average Bonchev–Trinajstić information content (AvgIpc) is 3.40. The highest BCUT2D eigenvalue weighted by atomic mass is 16.2. The van der Waals surface area contributed by atoms with E-state index < -0.39 is 5.41 Å². The third-order valence-corrected chi connectivity index (χ3v) is 8.11. The second-order valence-electron chi connectivity index (χ2n) is 10.3. The number of likely N-dealkylation sites (N-methyl/N-ethyl adjacent to an activating group) is 1.